The average Bonchev–Trinajstić information content (AvgIpc) is 2.65. The number of hydrogen-bond donors (Lipinski definition) is 1. The van der Waals surface area contributed by atoms with Gasteiger partial charge >= 0.3 is 0 Å². The monoisotopic (exact) mass is 353 g/mol. The van der Waals surface area contributed by atoms with Crippen LogP contribution in [0, 0.1) is 13.8 Å². The van der Waals surface area contributed by atoms with Gasteiger partial charge in [0.05, 0.1) is 25.1 Å². The standard InChI is InChI=1S/C20H23N3O3/c1-12-7-14(8-13(2)19(12)26-6-5-21)20-22-11-16-17(23-20)9-15(24-3)10-18(16)25-4/h7-11H,5-6,21H2,1-4H3. The Bertz CT molecular complexity index is 918. The normalized spacial score (nSPS) is 10.8. The van der Waals surface area contributed by atoms with Gasteiger partial charge in [0.2, 0.25) is 0 Å². The van der Waals surface area contributed by atoms with E-state index in [4.69, 9.17) is 24.9 Å². The summed E-state index contributed by atoms with van der Waals surface area (Å²) >= 11 is 0. The number of rotatable bonds is 6. The maximum Gasteiger partial charge on any atom is 0.159 e. The summed E-state index contributed by atoms with van der Waals surface area (Å²) in [7, 11) is 3.24. The predicted molar refractivity (Wildman–Crippen MR) is 102 cm³/mol. The first kappa shape index (κ1) is 17.9. The molecule has 0 unspecified atom stereocenters. The second-order valence-corrected chi connectivity index (χ2v) is 6.03. The molecule has 6 heteroatoms. The van der Waals surface area contributed by atoms with E-state index in [0.717, 1.165) is 33.3 Å². The second kappa shape index (κ2) is 7.58. The Kier molecular flexibility index (Phi) is 5.23. The Morgan fingerprint density at radius 1 is 1.00 bits per heavy atom. The summed E-state index contributed by atoms with van der Waals surface area (Å²) in [6.45, 7) is 5.00. The molecule has 0 amide bonds. The summed E-state index contributed by atoms with van der Waals surface area (Å²) in [5, 5.41) is 0.841. The minimum atomic E-state index is 0.484. The number of nitrogens with zero attached hydrogens (tertiary/aromatic N) is 2. The van der Waals surface area contributed by atoms with E-state index in [-0.39, 0.29) is 0 Å². The molecule has 2 aromatic carbocycles. The molecule has 0 bridgehead atoms. The van der Waals surface area contributed by atoms with E-state index in [0.29, 0.717) is 30.5 Å². The SMILES string of the molecule is COc1cc(OC)c2cnc(-c3cc(C)c(OCCN)c(C)c3)nc2c1. The molecule has 0 saturated heterocycles. The first-order valence-electron chi connectivity index (χ1n) is 8.40. The fourth-order valence-electron chi connectivity index (χ4n) is 2.97. The van der Waals surface area contributed by atoms with Gasteiger partial charge in [-0.15, -0.1) is 0 Å². The Balaban J connectivity index is 2.08. The molecule has 0 saturated carbocycles. The largest absolute Gasteiger partial charge is 0.497 e. The molecular weight excluding hydrogens is 330 g/mol. The van der Waals surface area contributed by atoms with Crippen molar-refractivity contribution in [3.05, 3.63) is 41.6 Å². The molecule has 136 valence electrons. The van der Waals surface area contributed by atoms with Crippen LogP contribution in [0.15, 0.2) is 30.5 Å². The molecule has 1 heterocycles. The van der Waals surface area contributed by atoms with E-state index in [1.54, 1.807) is 20.4 Å². The highest BCUT2D eigenvalue weighted by Gasteiger charge is 2.12. The fourth-order valence-corrected chi connectivity index (χ4v) is 2.97. The molecule has 0 spiro atoms. The number of fused-ring (bicyclic) bond motifs is 1. The van der Waals surface area contributed by atoms with E-state index in [2.05, 4.69) is 4.98 Å². The smallest absolute Gasteiger partial charge is 0.159 e. The minimum Gasteiger partial charge on any atom is -0.497 e. The number of benzene rings is 2. The molecule has 0 aliphatic heterocycles. The summed E-state index contributed by atoms with van der Waals surface area (Å²) in [4.78, 5) is 9.23. The number of aromatic nitrogens is 2. The van der Waals surface area contributed by atoms with Crippen molar-refractivity contribution < 1.29 is 14.2 Å². The molecule has 6 nitrogen and oxygen atoms in total. The van der Waals surface area contributed by atoms with Gasteiger partial charge in [0.25, 0.3) is 0 Å². The van der Waals surface area contributed by atoms with Crippen molar-refractivity contribution >= 4 is 10.9 Å². The first-order valence-corrected chi connectivity index (χ1v) is 8.40. The van der Waals surface area contributed by atoms with Gasteiger partial charge in [-0.3, -0.25) is 0 Å². The lowest BCUT2D eigenvalue weighted by Crippen LogP contribution is -2.11. The molecule has 0 radical (unpaired) electrons. The van der Waals surface area contributed by atoms with Crippen molar-refractivity contribution in [1.82, 2.24) is 9.97 Å². The Morgan fingerprint density at radius 2 is 1.73 bits per heavy atom. The van der Waals surface area contributed by atoms with E-state index in [9.17, 15) is 0 Å². The summed E-state index contributed by atoms with van der Waals surface area (Å²) < 4.78 is 16.5. The van der Waals surface area contributed by atoms with Gasteiger partial charge in [-0.05, 0) is 37.1 Å². The number of nitrogens with two attached hydrogens (primary N) is 1. The highest BCUT2D eigenvalue weighted by atomic mass is 16.5. The maximum absolute atomic E-state index is 5.74. The van der Waals surface area contributed by atoms with Crippen LogP contribution >= 0.6 is 0 Å². The van der Waals surface area contributed by atoms with Gasteiger partial charge in [-0.2, -0.15) is 0 Å². The lowest BCUT2D eigenvalue weighted by atomic mass is 10.0. The Hall–Kier alpha value is -2.86. The Morgan fingerprint density at radius 3 is 2.35 bits per heavy atom. The molecule has 0 aliphatic rings. The van der Waals surface area contributed by atoms with Crippen LogP contribution in [0.5, 0.6) is 17.2 Å². The van der Waals surface area contributed by atoms with Crippen molar-refractivity contribution in [1.29, 1.82) is 0 Å². The molecule has 3 aromatic rings. The molecule has 1 aromatic heterocycles. The zero-order valence-electron chi connectivity index (χ0n) is 15.5. The minimum absolute atomic E-state index is 0.484. The number of methoxy groups -OCH3 is 2. The van der Waals surface area contributed by atoms with Crippen LogP contribution < -0.4 is 19.9 Å². The third kappa shape index (κ3) is 3.41. The van der Waals surface area contributed by atoms with Crippen molar-refractivity contribution in [2.75, 3.05) is 27.4 Å². The zero-order chi connectivity index (χ0) is 18.7. The maximum atomic E-state index is 5.74. The molecule has 0 fully saturated rings. The average molecular weight is 353 g/mol. The van der Waals surface area contributed by atoms with Gasteiger partial charge in [0, 0.05) is 30.4 Å². The predicted octanol–water partition coefficient (Wildman–Crippen LogP) is 3.27. The van der Waals surface area contributed by atoms with Crippen molar-refractivity contribution in [3.63, 3.8) is 0 Å². The van der Waals surface area contributed by atoms with Crippen molar-refractivity contribution in [2.24, 2.45) is 5.73 Å². The molecule has 26 heavy (non-hydrogen) atoms. The Labute approximate surface area is 152 Å². The molecule has 0 atom stereocenters. The van der Waals surface area contributed by atoms with Crippen LogP contribution in [-0.4, -0.2) is 37.3 Å². The second-order valence-electron chi connectivity index (χ2n) is 6.03. The number of aryl methyl sites for hydroxylation is 2. The molecule has 0 aliphatic carbocycles. The molecule has 2 N–H and O–H groups in total. The van der Waals surface area contributed by atoms with E-state index >= 15 is 0 Å². The van der Waals surface area contributed by atoms with Gasteiger partial charge in [0.1, 0.15) is 23.9 Å². The topological polar surface area (TPSA) is 79.5 Å². The van der Waals surface area contributed by atoms with Crippen LogP contribution in [0.2, 0.25) is 0 Å². The van der Waals surface area contributed by atoms with Gasteiger partial charge in [-0.1, -0.05) is 0 Å². The first-order chi connectivity index (χ1) is 12.6. The quantitative estimate of drug-likeness (QED) is 0.733. The zero-order valence-corrected chi connectivity index (χ0v) is 15.5. The van der Waals surface area contributed by atoms with Crippen LogP contribution in [-0.2, 0) is 0 Å². The highest BCUT2D eigenvalue weighted by Crippen LogP contribution is 2.32. The van der Waals surface area contributed by atoms with E-state index in [1.165, 1.54) is 0 Å². The molecular formula is C20H23N3O3. The lowest BCUT2D eigenvalue weighted by Gasteiger charge is -2.14. The van der Waals surface area contributed by atoms with Gasteiger partial charge in [-0.25, -0.2) is 9.97 Å². The molecule has 3 rings (SSSR count). The van der Waals surface area contributed by atoms with Gasteiger partial charge in [0.15, 0.2) is 5.82 Å². The van der Waals surface area contributed by atoms with E-state index in [1.807, 2.05) is 38.1 Å². The van der Waals surface area contributed by atoms with Crippen LogP contribution in [0.4, 0.5) is 0 Å². The van der Waals surface area contributed by atoms with Crippen molar-refractivity contribution in [2.45, 2.75) is 13.8 Å². The van der Waals surface area contributed by atoms with E-state index < -0.39 is 0 Å². The summed E-state index contributed by atoms with van der Waals surface area (Å²) in [5.74, 6) is 2.88. The lowest BCUT2D eigenvalue weighted by molar-refractivity contribution is 0.324. The van der Waals surface area contributed by atoms with Crippen LogP contribution in [0.1, 0.15) is 11.1 Å². The number of ether oxygens (including phenoxy) is 3. The van der Waals surface area contributed by atoms with Crippen molar-refractivity contribution in [3.8, 4) is 28.6 Å². The summed E-state index contributed by atoms with van der Waals surface area (Å²) in [6, 6.07) is 7.75. The van der Waals surface area contributed by atoms with Gasteiger partial charge < -0.3 is 19.9 Å². The fraction of sp³-hybridized carbons (Fsp3) is 0.300. The summed E-state index contributed by atoms with van der Waals surface area (Å²) in [5.41, 5.74) is 9.29. The number of hydrogen-bond acceptors (Lipinski definition) is 6. The highest BCUT2D eigenvalue weighted by molar-refractivity contribution is 5.87. The summed E-state index contributed by atoms with van der Waals surface area (Å²) in [6.07, 6.45) is 1.78. The van der Waals surface area contributed by atoms with Crippen LogP contribution in [0.3, 0.4) is 0 Å². The third-order valence-corrected chi connectivity index (χ3v) is 4.17. The third-order valence-electron chi connectivity index (χ3n) is 4.17. The van der Waals surface area contributed by atoms with Crippen LogP contribution in [0.25, 0.3) is 22.3 Å².